The lowest BCUT2D eigenvalue weighted by Crippen LogP contribution is -2.37. The van der Waals surface area contributed by atoms with E-state index >= 15 is 0 Å². The maximum Gasteiger partial charge on any atom is 0.170 e. The first-order valence-electron chi connectivity index (χ1n) is 12.1. The van der Waals surface area contributed by atoms with Gasteiger partial charge in [0, 0.05) is 23.6 Å². The first kappa shape index (κ1) is 22.1. The van der Waals surface area contributed by atoms with Gasteiger partial charge >= 0.3 is 0 Å². The van der Waals surface area contributed by atoms with Crippen molar-refractivity contribution < 1.29 is 0 Å². The molecule has 0 amide bonds. The number of nitrogens with one attached hydrogen (secondary N) is 1. The molecule has 0 spiro atoms. The second-order valence-corrected chi connectivity index (χ2v) is 10.3. The summed E-state index contributed by atoms with van der Waals surface area (Å²) >= 11 is 5.94. The summed E-state index contributed by atoms with van der Waals surface area (Å²) in [6, 6.07) is 13.8. The molecule has 2 aliphatic rings. The zero-order valence-electron chi connectivity index (χ0n) is 20.4. The summed E-state index contributed by atoms with van der Waals surface area (Å²) in [4.78, 5) is 7.23. The minimum atomic E-state index is 0.0495. The molecule has 172 valence electrons. The summed E-state index contributed by atoms with van der Waals surface area (Å²) in [5.74, 6) is 0. The molecular weight excluding hydrogens is 424 g/mol. The summed E-state index contributed by atoms with van der Waals surface area (Å²) in [6.07, 6.45) is 6.87. The molecule has 1 aliphatic carbocycles. The van der Waals surface area contributed by atoms with Gasteiger partial charge in [-0.05, 0) is 94.6 Å². The molecule has 2 fully saturated rings. The van der Waals surface area contributed by atoms with E-state index in [-0.39, 0.29) is 12.1 Å². The second kappa shape index (κ2) is 8.60. The summed E-state index contributed by atoms with van der Waals surface area (Å²) in [6.45, 7) is 11.1. The number of rotatable bonds is 4. The molecule has 5 rings (SSSR count). The number of benzene rings is 1. The first-order valence-corrected chi connectivity index (χ1v) is 12.5. The molecular formula is C28H34N4S. The molecule has 5 heteroatoms. The van der Waals surface area contributed by atoms with Gasteiger partial charge in [-0.25, -0.2) is 0 Å². The quantitative estimate of drug-likeness (QED) is 0.463. The van der Waals surface area contributed by atoms with Crippen LogP contribution >= 0.6 is 12.2 Å². The van der Waals surface area contributed by atoms with Gasteiger partial charge in [-0.2, -0.15) is 0 Å². The van der Waals surface area contributed by atoms with Crippen molar-refractivity contribution in [1.82, 2.24) is 19.8 Å². The Bertz CT molecular complexity index is 1170. The molecule has 1 N–H and O–H groups in total. The zero-order chi connectivity index (χ0) is 23.3. The highest BCUT2D eigenvalue weighted by molar-refractivity contribution is 7.80. The normalized spacial score (nSPS) is 21.1. The lowest BCUT2D eigenvalue weighted by atomic mass is 9.95. The zero-order valence-corrected chi connectivity index (χ0v) is 21.2. The molecule has 1 aromatic carbocycles. The highest BCUT2D eigenvalue weighted by Gasteiger charge is 2.44. The fourth-order valence-corrected chi connectivity index (χ4v) is 6.62. The summed E-state index contributed by atoms with van der Waals surface area (Å²) in [5.41, 5.74) is 10.2. The Labute approximate surface area is 203 Å². The van der Waals surface area contributed by atoms with E-state index in [0.29, 0.717) is 6.04 Å². The lowest BCUT2D eigenvalue weighted by molar-refractivity contribution is 0.245. The van der Waals surface area contributed by atoms with E-state index in [2.05, 4.69) is 79.7 Å². The number of hydrogen-bond donors (Lipinski definition) is 1. The van der Waals surface area contributed by atoms with Gasteiger partial charge in [0.05, 0.1) is 23.5 Å². The van der Waals surface area contributed by atoms with Crippen LogP contribution in [-0.2, 0) is 0 Å². The predicted octanol–water partition coefficient (Wildman–Crippen LogP) is 6.33. The van der Waals surface area contributed by atoms with Crippen molar-refractivity contribution in [3.63, 3.8) is 0 Å². The van der Waals surface area contributed by atoms with Crippen LogP contribution in [0.5, 0.6) is 0 Å². The van der Waals surface area contributed by atoms with Gasteiger partial charge in [0.1, 0.15) is 0 Å². The number of pyridine rings is 1. The van der Waals surface area contributed by atoms with Crippen LogP contribution in [0.1, 0.15) is 77.1 Å². The summed E-state index contributed by atoms with van der Waals surface area (Å²) in [7, 11) is 0. The molecule has 4 nitrogen and oxygen atoms in total. The van der Waals surface area contributed by atoms with Gasteiger partial charge in [0.25, 0.3) is 0 Å². The van der Waals surface area contributed by atoms with Crippen LogP contribution in [0, 0.1) is 34.6 Å². The first-order chi connectivity index (χ1) is 15.9. The maximum atomic E-state index is 5.94. The predicted molar refractivity (Wildman–Crippen MR) is 139 cm³/mol. The Morgan fingerprint density at radius 2 is 1.67 bits per heavy atom. The smallest absolute Gasteiger partial charge is 0.170 e. The van der Waals surface area contributed by atoms with Gasteiger partial charge in [-0.15, -0.1) is 0 Å². The van der Waals surface area contributed by atoms with E-state index in [1.54, 1.807) is 0 Å². The van der Waals surface area contributed by atoms with Crippen molar-refractivity contribution in [3.05, 3.63) is 81.9 Å². The second-order valence-electron chi connectivity index (χ2n) is 9.88. The standard InChI is InChI=1S/C28H34N4S/c1-17-14-18(2)26(19(3)15-17)31-20(4)16-23(21(31)5)27-25(24-12-8-9-13-29-24)30-28(33)32(27)22-10-6-7-11-22/h8-9,12-16,22,25,27H,6-7,10-11H2,1-5H3,(H,30,33)/t25-,27-/m0/s1. The van der Waals surface area contributed by atoms with Gasteiger partial charge in [0.2, 0.25) is 0 Å². The van der Waals surface area contributed by atoms with Gasteiger partial charge in [0.15, 0.2) is 5.11 Å². The van der Waals surface area contributed by atoms with Crippen molar-refractivity contribution in [2.45, 2.75) is 78.4 Å². The number of aryl methyl sites for hydroxylation is 4. The summed E-state index contributed by atoms with van der Waals surface area (Å²) < 4.78 is 2.45. The molecule has 3 heterocycles. The van der Waals surface area contributed by atoms with E-state index in [4.69, 9.17) is 17.2 Å². The van der Waals surface area contributed by atoms with Gasteiger partial charge in [-0.3, -0.25) is 4.98 Å². The minimum absolute atomic E-state index is 0.0495. The minimum Gasteiger partial charge on any atom is -0.352 e. The highest BCUT2D eigenvalue weighted by atomic mass is 32.1. The third-order valence-electron chi connectivity index (χ3n) is 7.50. The average molecular weight is 459 g/mol. The average Bonchev–Trinajstić information content (AvgIpc) is 3.48. The molecule has 0 bridgehead atoms. The van der Waals surface area contributed by atoms with Crippen molar-refractivity contribution in [2.24, 2.45) is 0 Å². The van der Waals surface area contributed by atoms with Crippen LogP contribution in [0.25, 0.3) is 5.69 Å². The molecule has 2 atom stereocenters. The third kappa shape index (κ3) is 3.76. The fraction of sp³-hybridized carbons (Fsp3) is 0.429. The number of aromatic nitrogens is 2. The monoisotopic (exact) mass is 458 g/mol. The van der Waals surface area contributed by atoms with Crippen LogP contribution in [0.15, 0.2) is 42.6 Å². The Hall–Kier alpha value is -2.66. The maximum absolute atomic E-state index is 5.94. The molecule has 3 aromatic rings. The van der Waals surface area contributed by atoms with E-state index in [1.165, 1.54) is 65.0 Å². The number of nitrogens with zero attached hydrogens (tertiary/aromatic N) is 3. The van der Waals surface area contributed by atoms with Crippen molar-refractivity contribution in [3.8, 4) is 5.69 Å². The van der Waals surface area contributed by atoms with Crippen LogP contribution in [0.4, 0.5) is 0 Å². The van der Waals surface area contributed by atoms with Gasteiger partial charge in [-0.1, -0.05) is 36.6 Å². The topological polar surface area (TPSA) is 33.1 Å². The third-order valence-corrected chi connectivity index (χ3v) is 7.83. The molecule has 0 radical (unpaired) electrons. The molecule has 2 aromatic heterocycles. The molecule has 0 unspecified atom stereocenters. The number of thiocarbonyl (C=S) groups is 1. The van der Waals surface area contributed by atoms with Crippen molar-refractivity contribution >= 4 is 17.3 Å². The Morgan fingerprint density at radius 1 is 0.970 bits per heavy atom. The largest absolute Gasteiger partial charge is 0.352 e. The van der Waals surface area contributed by atoms with E-state index in [1.807, 2.05) is 12.3 Å². The van der Waals surface area contributed by atoms with Gasteiger partial charge < -0.3 is 14.8 Å². The molecule has 33 heavy (non-hydrogen) atoms. The van der Waals surface area contributed by atoms with E-state index < -0.39 is 0 Å². The number of hydrogen-bond acceptors (Lipinski definition) is 2. The van der Waals surface area contributed by atoms with Crippen LogP contribution < -0.4 is 5.32 Å². The fourth-order valence-electron chi connectivity index (χ4n) is 6.23. The van der Waals surface area contributed by atoms with Crippen LogP contribution in [0.3, 0.4) is 0 Å². The lowest BCUT2D eigenvalue weighted by Gasteiger charge is -2.33. The Kier molecular flexibility index (Phi) is 5.77. The van der Waals surface area contributed by atoms with Crippen LogP contribution in [0.2, 0.25) is 0 Å². The molecule has 1 saturated carbocycles. The van der Waals surface area contributed by atoms with Crippen LogP contribution in [-0.4, -0.2) is 25.6 Å². The summed E-state index contributed by atoms with van der Waals surface area (Å²) in [5, 5.41) is 4.53. The van der Waals surface area contributed by atoms with Crippen molar-refractivity contribution in [2.75, 3.05) is 0 Å². The Balaban J connectivity index is 1.67. The van der Waals surface area contributed by atoms with Crippen molar-refractivity contribution in [1.29, 1.82) is 0 Å². The molecule has 1 aliphatic heterocycles. The Morgan fingerprint density at radius 3 is 2.30 bits per heavy atom. The van der Waals surface area contributed by atoms with E-state index in [9.17, 15) is 0 Å². The van der Waals surface area contributed by atoms with E-state index in [0.717, 1.165) is 10.8 Å². The SMILES string of the molecule is Cc1cc(C)c(-n2c(C)cc([C@H]3[C@H](c4ccccn4)NC(=S)N3C3CCCC3)c2C)c(C)c1. The molecule has 1 saturated heterocycles. The highest BCUT2D eigenvalue weighted by Crippen LogP contribution is 2.45.